The Morgan fingerprint density at radius 1 is 1.08 bits per heavy atom. The number of nitrogens with zero attached hydrogens (tertiary/aromatic N) is 2. The lowest BCUT2D eigenvalue weighted by Crippen LogP contribution is -2.49. The Hall–Kier alpha value is -3.00. The van der Waals surface area contributed by atoms with Gasteiger partial charge in [0.05, 0.1) is 13.2 Å². The van der Waals surface area contributed by atoms with E-state index in [2.05, 4.69) is 16.8 Å². The Balaban J connectivity index is 1.12. The molecule has 0 radical (unpaired) electrons. The van der Waals surface area contributed by atoms with E-state index in [1.165, 1.54) is 0 Å². The molecule has 7 nitrogen and oxygen atoms in total. The van der Waals surface area contributed by atoms with Crippen LogP contribution < -0.4 is 5.32 Å². The van der Waals surface area contributed by atoms with Crippen LogP contribution >= 0.6 is 11.6 Å². The van der Waals surface area contributed by atoms with Gasteiger partial charge in [0.1, 0.15) is 11.8 Å². The van der Waals surface area contributed by atoms with E-state index >= 15 is 0 Å². The van der Waals surface area contributed by atoms with Gasteiger partial charge in [0, 0.05) is 55.3 Å². The number of ether oxygens (including phenoxy) is 1. The van der Waals surface area contributed by atoms with E-state index in [9.17, 15) is 14.4 Å². The SMILES string of the molecule is C=C1CCC(N2Cc3cc(CCC(=O)Cc4ccc(CCN5CCOCC5)c(Cl)c4)ccc3C2=O)C(=O)N1. The number of carbonyl (C=O) groups is 3. The molecule has 1 unspecified atom stereocenters. The first-order valence-electron chi connectivity index (χ1n) is 13.4. The van der Waals surface area contributed by atoms with Crippen molar-refractivity contribution < 1.29 is 19.1 Å². The van der Waals surface area contributed by atoms with Gasteiger partial charge in [-0.25, -0.2) is 0 Å². The number of amides is 2. The second-order valence-electron chi connectivity index (χ2n) is 10.4. The molecule has 0 aromatic heterocycles. The van der Waals surface area contributed by atoms with E-state index < -0.39 is 6.04 Å². The van der Waals surface area contributed by atoms with Crippen molar-refractivity contribution in [3.63, 3.8) is 0 Å². The number of nitrogens with one attached hydrogen (secondary N) is 1. The third-order valence-corrected chi connectivity index (χ3v) is 8.06. The lowest BCUT2D eigenvalue weighted by atomic mass is 9.99. The zero-order valence-corrected chi connectivity index (χ0v) is 22.4. The van der Waals surface area contributed by atoms with Gasteiger partial charge < -0.3 is 15.0 Å². The number of hydrogen-bond acceptors (Lipinski definition) is 5. The number of rotatable bonds is 9. The summed E-state index contributed by atoms with van der Waals surface area (Å²) < 4.78 is 5.40. The minimum atomic E-state index is -0.469. The predicted octanol–water partition coefficient (Wildman–Crippen LogP) is 3.71. The summed E-state index contributed by atoms with van der Waals surface area (Å²) >= 11 is 6.54. The lowest BCUT2D eigenvalue weighted by molar-refractivity contribution is -0.126. The summed E-state index contributed by atoms with van der Waals surface area (Å²) in [7, 11) is 0. The van der Waals surface area contributed by atoms with Crippen LogP contribution in [0.2, 0.25) is 5.02 Å². The zero-order valence-electron chi connectivity index (χ0n) is 21.6. The molecule has 38 heavy (non-hydrogen) atoms. The lowest BCUT2D eigenvalue weighted by Gasteiger charge is -2.30. The highest BCUT2D eigenvalue weighted by Gasteiger charge is 2.38. The molecule has 5 rings (SSSR count). The van der Waals surface area contributed by atoms with Crippen LogP contribution in [0.4, 0.5) is 0 Å². The number of fused-ring (bicyclic) bond motifs is 1. The van der Waals surface area contributed by atoms with Crippen molar-refractivity contribution in [2.75, 3.05) is 32.8 Å². The standard InChI is InChI=1S/C30H34ClN3O4/c1-20-2-9-28(29(36)32-20)34-19-24-16-21(5-8-26(24)30(34)37)4-7-25(35)17-22-3-6-23(27(31)18-22)10-11-33-12-14-38-15-13-33/h3,5-6,8,16,18,28H,1-2,4,7,9-15,17,19H2,(H,32,36). The van der Waals surface area contributed by atoms with E-state index in [1.807, 2.05) is 36.4 Å². The number of benzene rings is 2. The average Bonchev–Trinajstić information content (AvgIpc) is 3.23. The molecule has 2 saturated heterocycles. The summed E-state index contributed by atoms with van der Waals surface area (Å²) in [6.45, 7) is 8.66. The fraction of sp³-hybridized carbons (Fsp3) is 0.433. The fourth-order valence-corrected chi connectivity index (χ4v) is 5.77. The third-order valence-electron chi connectivity index (χ3n) is 7.71. The Kier molecular flexibility index (Phi) is 8.27. The molecule has 2 amide bonds. The van der Waals surface area contributed by atoms with E-state index in [0.29, 0.717) is 54.9 Å². The number of hydrogen-bond donors (Lipinski definition) is 1. The molecular formula is C30H34ClN3O4. The molecule has 3 aliphatic rings. The molecule has 1 N–H and O–H groups in total. The molecule has 2 aromatic rings. The van der Waals surface area contributed by atoms with Gasteiger partial charge in [-0.3, -0.25) is 19.3 Å². The first kappa shape index (κ1) is 26.6. The van der Waals surface area contributed by atoms with Crippen LogP contribution in [0.5, 0.6) is 0 Å². The van der Waals surface area contributed by atoms with Crippen LogP contribution in [-0.2, 0) is 40.1 Å². The quantitative estimate of drug-likeness (QED) is 0.529. The summed E-state index contributed by atoms with van der Waals surface area (Å²) in [6.07, 6.45) is 3.51. The number of allylic oxidation sites excluding steroid dienone is 1. The summed E-state index contributed by atoms with van der Waals surface area (Å²) in [5.41, 5.74) is 5.30. The number of halogens is 1. The monoisotopic (exact) mass is 535 g/mol. The van der Waals surface area contributed by atoms with Crippen molar-refractivity contribution in [1.29, 1.82) is 0 Å². The fourth-order valence-electron chi connectivity index (χ4n) is 5.47. The Bertz CT molecular complexity index is 1250. The van der Waals surface area contributed by atoms with Gasteiger partial charge in [-0.2, -0.15) is 0 Å². The summed E-state index contributed by atoms with van der Waals surface area (Å²) in [4.78, 5) is 42.1. The van der Waals surface area contributed by atoms with Crippen molar-refractivity contribution in [3.8, 4) is 0 Å². The second kappa shape index (κ2) is 11.8. The average molecular weight is 536 g/mol. The molecule has 2 fully saturated rings. The Morgan fingerprint density at radius 3 is 2.63 bits per heavy atom. The zero-order chi connectivity index (χ0) is 26.6. The van der Waals surface area contributed by atoms with Gasteiger partial charge in [-0.15, -0.1) is 0 Å². The van der Waals surface area contributed by atoms with Gasteiger partial charge in [0.2, 0.25) is 5.91 Å². The molecule has 0 spiro atoms. The van der Waals surface area contributed by atoms with Gasteiger partial charge in [0.25, 0.3) is 5.91 Å². The van der Waals surface area contributed by atoms with Crippen LogP contribution in [0.25, 0.3) is 0 Å². The number of carbonyl (C=O) groups excluding carboxylic acids is 3. The minimum Gasteiger partial charge on any atom is -0.379 e. The topological polar surface area (TPSA) is 79.0 Å². The van der Waals surface area contributed by atoms with Crippen LogP contribution in [0.3, 0.4) is 0 Å². The maximum absolute atomic E-state index is 12.9. The van der Waals surface area contributed by atoms with Crippen LogP contribution in [-0.4, -0.2) is 66.3 Å². The highest BCUT2D eigenvalue weighted by molar-refractivity contribution is 6.31. The highest BCUT2D eigenvalue weighted by atomic mass is 35.5. The van der Waals surface area contributed by atoms with Gasteiger partial charge >= 0.3 is 0 Å². The molecule has 1 atom stereocenters. The Labute approximate surface area is 228 Å². The molecule has 8 heteroatoms. The first-order valence-corrected chi connectivity index (χ1v) is 13.8. The van der Waals surface area contributed by atoms with Gasteiger partial charge in [0.15, 0.2) is 0 Å². The normalized spacial score (nSPS) is 20.0. The number of piperidine rings is 1. The van der Waals surface area contributed by atoms with E-state index in [0.717, 1.165) is 61.5 Å². The van der Waals surface area contributed by atoms with Crippen molar-refractivity contribution in [3.05, 3.63) is 81.5 Å². The number of morpholine rings is 1. The van der Waals surface area contributed by atoms with E-state index in [4.69, 9.17) is 16.3 Å². The molecule has 200 valence electrons. The predicted molar refractivity (Wildman–Crippen MR) is 146 cm³/mol. The third kappa shape index (κ3) is 6.17. The molecular weight excluding hydrogens is 502 g/mol. The number of Topliss-reactive ketones (excluding diaryl/α,β-unsaturated/α-hetero) is 1. The molecule has 2 aromatic carbocycles. The molecule has 3 heterocycles. The van der Waals surface area contributed by atoms with Crippen molar-refractivity contribution >= 4 is 29.2 Å². The minimum absolute atomic E-state index is 0.111. The van der Waals surface area contributed by atoms with Gasteiger partial charge in [-0.1, -0.05) is 42.4 Å². The highest BCUT2D eigenvalue weighted by Crippen LogP contribution is 2.29. The molecule has 3 aliphatic heterocycles. The van der Waals surface area contributed by atoms with Crippen molar-refractivity contribution in [1.82, 2.24) is 15.1 Å². The number of ketones is 1. The maximum atomic E-state index is 12.9. The Morgan fingerprint density at radius 2 is 1.87 bits per heavy atom. The summed E-state index contributed by atoms with van der Waals surface area (Å²) in [5.74, 6) is -0.126. The molecule has 0 saturated carbocycles. The van der Waals surface area contributed by atoms with Crippen LogP contribution in [0.15, 0.2) is 48.7 Å². The largest absolute Gasteiger partial charge is 0.379 e. The molecule has 0 aliphatic carbocycles. The van der Waals surface area contributed by atoms with E-state index in [1.54, 1.807) is 4.90 Å². The van der Waals surface area contributed by atoms with Crippen molar-refractivity contribution in [2.45, 2.75) is 51.1 Å². The second-order valence-corrected chi connectivity index (χ2v) is 10.8. The maximum Gasteiger partial charge on any atom is 0.255 e. The number of aryl methyl sites for hydroxylation is 1. The van der Waals surface area contributed by atoms with Crippen molar-refractivity contribution in [2.24, 2.45) is 0 Å². The van der Waals surface area contributed by atoms with E-state index in [-0.39, 0.29) is 17.6 Å². The summed E-state index contributed by atoms with van der Waals surface area (Å²) in [5, 5.41) is 3.48. The van der Waals surface area contributed by atoms with Gasteiger partial charge in [-0.05, 0) is 60.1 Å². The van der Waals surface area contributed by atoms with Crippen LogP contribution in [0.1, 0.15) is 51.9 Å². The first-order chi connectivity index (χ1) is 18.4. The summed E-state index contributed by atoms with van der Waals surface area (Å²) in [6, 6.07) is 11.2. The van der Waals surface area contributed by atoms with Crippen LogP contribution in [0, 0.1) is 0 Å². The smallest absolute Gasteiger partial charge is 0.255 e. The molecule has 0 bridgehead atoms.